The lowest BCUT2D eigenvalue weighted by atomic mass is 10.1. The summed E-state index contributed by atoms with van der Waals surface area (Å²) in [4.78, 5) is 34.3. The van der Waals surface area contributed by atoms with Gasteiger partial charge in [0.15, 0.2) is 22.4 Å². The van der Waals surface area contributed by atoms with Crippen molar-refractivity contribution in [1.82, 2.24) is 14.5 Å². The second-order valence-corrected chi connectivity index (χ2v) is 7.24. The molecule has 4 heterocycles. The number of anilines is 1. The Hall–Kier alpha value is -2.85. The number of nitrogens with two attached hydrogens (primary N) is 1. The highest BCUT2D eigenvalue weighted by Crippen LogP contribution is 2.27. The third-order valence-electron chi connectivity index (χ3n) is 4.69. The first-order valence-corrected chi connectivity index (χ1v) is 9.21. The number of aromatic carboxylic acids is 1. The summed E-state index contributed by atoms with van der Waals surface area (Å²) < 4.78 is 16.2. The Kier molecular flexibility index (Phi) is 4.36. The fraction of sp³-hybridized carbons (Fsp3) is 0.294. The molecule has 0 amide bonds. The summed E-state index contributed by atoms with van der Waals surface area (Å²) in [5.74, 6) is -1.66. The molecular weight excluding hydrogens is 373 g/mol. The molecule has 4 rings (SSSR count). The molecule has 1 unspecified atom stereocenters. The van der Waals surface area contributed by atoms with Gasteiger partial charge in [-0.25, -0.2) is 19.2 Å². The molecule has 0 saturated carbocycles. The summed E-state index contributed by atoms with van der Waals surface area (Å²) in [6.07, 6.45) is 3.58. The summed E-state index contributed by atoms with van der Waals surface area (Å²) in [6.45, 7) is 1.71. The van der Waals surface area contributed by atoms with Gasteiger partial charge >= 0.3 is 5.97 Å². The Morgan fingerprint density at radius 3 is 2.93 bits per heavy atom. The summed E-state index contributed by atoms with van der Waals surface area (Å²) in [6, 6.07) is 1.06. The number of carbonyl (C=O) groups is 1. The van der Waals surface area contributed by atoms with Crippen molar-refractivity contribution in [2.24, 2.45) is 11.7 Å². The lowest BCUT2D eigenvalue weighted by Gasteiger charge is -2.19. The molecule has 1 atom stereocenters. The van der Waals surface area contributed by atoms with E-state index in [1.807, 2.05) is 0 Å². The third-order valence-corrected chi connectivity index (χ3v) is 5.46. The summed E-state index contributed by atoms with van der Waals surface area (Å²) in [7, 11) is 0. The Morgan fingerprint density at radius 2 is 2.30 bits per heavy atom. The Bertz CT molecular complexity index is 1080. The number of hydrogen-bond donors (Lipinski definition) is 2. The van der Waals surface area contributed by atoms with Crippen LogP contribution in [0.25, 0.3) is 16.2 Å². The van der Waals surface area contributed by atoms with E-state index in [4.69, 9.17) is 5.73 Å². The molecule has 3 N–H and O–H groups in total. The van der Waals surface area contributed by atoms with Crippen LogP contribution in [0.5, 0.6) is 0 Å². The number of fused-ring (bicyclic) bond motifs is 1. The van der Waals surface area contributed by atoms with E-state index in [2.05, 4.69) is 9.97 Å². The van der Waals surface area contributed by atoms with Gasteiger partial charge in [0.05, 0.1) is 5.39 Å². The molecule has 3 aromatic heterocycles. The predicted octanol–water partition coefficient (Wildman–Crippen LogP) is 1.46. The molecule has 140 valence electrons. The van der Waals surface area contributed by atoms with Crippen molar-refractivity contribution in [2.45, 2.75) is 6.42 Å². The van der Waals surface area contributed by atoms with Crippen LogP contribution >= 0.6 is 11.3 Å². The van der Waals surface area contributed by atoms with Gasteiger partial charge in [-0.3, -0.25) is 9.36 Å². The van der Waals surface area contributed by atoms with Gasteiger partial charge in [-0.05, 0) is 24.9 Å². The maximum atomic E-state index is 14.7. The van der Waals surface area contributed by atoms with E-state index in [9.17, 15) is 19.1 Å². The topological polar surface area (TPSA) is 114 Å². The average Bonchev–Trinajstić information content (AvgIpc) is 3.33. The van der Waals surface area contributed by atoms with E-state index in [1.165, 1.54) is 22.1 Å². The van der Waals surface area contributed by atoms with Crippen molar-refractivity contribution >= 4 is 34.2 Å². The maximum Gasteiger partial charge on any atom is 0.341 e. The first kappa shape index (κ1) is 17.6. The lowest BCUT2D eigenvalue weighted by Crippen LogP contribution is -2.25. The van der Waals surface area contributed by atoms with Crippen LogP contribution in [0.15, 0.2) is 28.6 Å². The summed E-state index contributed by atoms with van der Waals surface area (Å²) >= 11 is 1.26. The van der Waals surface area contributed by atoms with Crippen molar-refractivity contribution in [3.05, 3.63) is 45.4 Å². The monoisotopic (exact) mass is 389 g/mol. The molecule has 0 radical (unpaired) electrons. The molecule has 10 heteroatoms. The molecule has 1 fully saturated rings. The van der Waals surface area contributed by atoms with Gasteiger partial charge in [0.1, 0.15) is 5.56 Å². The number of hydrogen-bond acceptors (Lipinski definition) is 7. The summed E-state index contributed by atoms with van der Waals surface area (Å²) in [5.41, 5.74) is 4.65. The molecule has 8 nitrogen and oxygen atoms in total. The number of halogens is 1. The van der Waals surface area contributed by atoms with Crippen LogP contribution in [0, 0.1) is 11.7 Å². The standard InChI is InChI=1S/C17H16FN5O3S/c18-12-5-10-13(24)11(16(25)26)8-23(17-20-2-4-27-17)14(10)21-15(12)22-3-1-9(6-19)7-22/h2,4-5,8-9H,1,3,6-7,19H2,(H,25,26). The highest BCUT2D eigenvalue weighted by Gasteiger charge is 2.26. The zero-order valence-corrected chi connectivity index (χ0v) is 14.9. The van der Waals surface area contributed by atoms with Gasteiger partial charge < -0.3 is 15.7 Å². The number of nitrogens with zero attached hydrogens (tertiary/aromatic N) is 4. The van der Waals surface area contributed by atoms with Crippen molar-refractivity contribution < 1.29 is 14.3 Å². The van der Waals surface area contributed by atoms with Gasteiger partial charge in [0, 0.05) is 30.9 Å². The van der Waals surface area contributed by atoms with Crippen molar-refractivity contribution in [2.75, 3.05) is 24.5 Å². The number of aromatic nitrogens is 3. The van der Waals surface area contributed by atoms with Gasteiger partial charge in [0.2, 0.25) is 5.43 Å². The predicted molar refractivity (Wildman–Crippen MR) is 99.3 cm³/mol. The van der Waals surface area contributed by atoms with Crippen LogP contribution in [0.3, 0.4) is 0 Å². The highest BCUT2D eigenvalue weighted by atomic mass is 32.1. The van der Waals surface area contributed by atoms with E-state index >= 15 is 0 Å². The van der Waals surface area contributed by atoms with Crippen LogP contribution in [0.1, 0.15) is 16.8 Å². The average molecular weight is 389 g/mol. The minimum Gasteiger partial charge on any atom is -0.477 e. The van der Waals surface area contributed by atoms with Crippen LogP contribution in [-0.4, -0.2) is 45.2 Å². The van der Waals surface area contributed by atoms with Crippen LogP contribution in [-0.2, 0) is 0 Å². The van der Waals surface area contributed by atoms with Crippen LogP contribution < -0.4 is 16.1 Å². The van der Waals surface area contributed by atoms with E-state index in [-0.39, 0.29) is 22.8 Å². The Morgan fingerprint density at radius 1 is 1.48 bits per heavy atom. The smallest absolute Gasteiger partial charge is 0.341 e. The van der Waals surface area contributed by atoms with Gasteiger partial charge in [-0.15, -0.1) is 11.3 Å². The van der Waals surface area contributed by atoms with Crippen LogP contribution in [0.2, 0.25) is 0 Å². The maximum absolute atomic E-state index is 14.7. The zero-order valence-electron chi connectivity index (χ0n) is 14.1. The van der Waals surface area contributed by atoms with Crippen LogP contribution in [0.4, 0.5) is 10.2 Å². The fourth-order valence-corrected chi connectivity index (χ4v) is 3.90. The fourth-order valence-electron chi connectivity index (χ4n) is 3.29. The minimum absolute atomic E-state index is 0.0964. The molecule has 0 spiro atoms. The molecule has 3 aromatic rings. The van der Waals surface area contributed by atoms with E-state index in [0.29, 0.717) is 24.8 Å². The molecule has 1 aliphatic rings. The molecule has 1 aliphatic heterocycles. The Labute approximate surface area is 156 Å². The second-order valence-electron chi connectivity index (χ2n) is 6.36. The number of thiazole rings is 1. The number of pyridine rings is 2. The van der Waals surface area contributed by atoms with Crippen molar-refractivity contribution in [3.63, 3.8) is 0 Å². The van der Waals surface area contributed by atoms with E-state index < -0.39 is 22.8 Å². The molecule has 27 heavy (non-hydrogen) atoms. The second kappa shape index (κ2) is 6.71. The number of rotatable bonds is 4. The zero-order chi connectivity index (χ0) is 19.1. The first-order chi connectivity index (χ1) is 13.0. The Balaban J connectivity index is 1.97. The highest BCUT2D eigenvalue weighted by molar-refractivity contribution is 7.12. The molecule has 0 bridgehead atoms. The van der Waals surface area contributed by atoms with Gasteiger partial charge in [-0.2, -0.15) is 0 Å². The largest absolute Gasteiger partial charge is 0.477 e. The first-order valence-electron chi connectivity index (χ1n) is 8.33. The number of carboxylic acids is 1. The minimum atomic E-state index is -1.39. The van der Waals surface area contributed by atoms with E-state index in [1.54, 1.807) is 16.5 Å². The summed E-state index contributed by atoms with van der Waals surface area (Å²) in [5, 5.41) is 11.4. The third kappa shape index (κ3) is 2.96. The number of carboxylic acid groups (broad SMARTS) is 1. The SMILES string of the molecule is NCC1CCN(c2nc3c(cc2F)c(=O)c(C(=O)O)cn3-c2nccs2)C1. The van der Waals surface area contributed by atoms with Gasteiger partial charge in [0.25, 0.3) is 0 Å². The lowest BCUT2D eigenvalue weighted by molar-refractivity contribution is 0.0695. The van der Waals surface area contributed by atoms with Crippen molar-refractivity contribution in [3.8, 4) is 5.13 Å². The van der Waals surface area contributed by atoms with E-state index in [0.717, 1.165) is 12.5 Å². The van der Waals surface area contributed by atoms with Gasteiger partial charge in [-0.1, -0.05) is 0 Å². The molecule has 1 saturated heterocycles. The van der Waals surface area contributed by atoms with Crippen molar-refractivity contribution in [1.29, 1.82) is 0 Å². The normalized spacial score (nSPS) is 17.0. The molecular formula is C17H16FN5O3S. The molecule has 0 aliphatic carbocycles. The molecule has 0 aromatic carbocycles. The quantitative estimate of drug-likeness (QED) is 0.694.